The van der Waals surface area contributed by atoms with Crippen LogP contribution in [0.2, 0.25) is 0 Å². The van der Waals surface area contributed by atoms with Crippen LogP contribution in [0.5, 0.6) is 0 Å². The number of fused-ring (bicyclic) bond motifs is 4. The summed E-state index contributed by atoms with van der Waals surface area (Å²) in [5, 5.41) is 8.78. The lowest BCUT2D eigenvalue weighted by atomic mass is 9.96. The summed E-state index contributed by atoms with van der Waals surface area (Å²) in [6.45, 7) is 0. The number of nitrogens with zero attached hydrogens (tertiary/aromatic N) is 1. The topological polar surface area (TPSA) is 17.0 Å². The number of nitrogens with one attached hydrogen (secondary N) is 1. The van der Waals surface area contributed by atoms with Gasteiger partial charge in [-0.15, -0.1) is 0 Å². The minimum atomic E-state index is 1.05. The molecule has 0 saturated carbocycles. The van der Waals surface area contributed by atoms with Crippen molar-refractivity contribution < 1.29 is 0 Å². The summed E-state index contributed by atoms with van der Waals surface area (Å²) in [5.41, 5.74) is 12.9. The molecule has 9 rings (SSSR count). The van der Waals surface area contributed by atoms with Gasteiger partial charge in [0.2, 0.25) is 0 Å². The molecule has 0 fully saturated rings. The van der Waals surface area contributed by atoms with E-state index < -0.39 is 0 Å². The average Bonchev–Trinajstić information content (AvgIpc) is 3.49. The van der Waals surface area contributed by atoms with Gasteiger partial charge in [0.1, 0.15) is 0 Å². The van der Waals surface area contributed by atoms with E-state index in [4.69, 9.17) is 0 Å². The van der Waals surface area contributed by atoms with E-state index in [1.807, 2.05) is 0 Å². The monoisotopic (exact) mass is 612 g/mol. The van der Waals surface area contributed by atoms with Crippen LogP contribution < -0.4 is 5.32 Å². The molecule has 0 amide bonds. The first-order chi connectivity index (χ1) is 23.8. The minimum absolute atomic E-state index is 1.05. The van der Waals surface area contributed by atoms with E-state index in [0.717, 1.165) is 22.6 Å². The third kappa shape index (κ3) is 4.92. The number of benzene rings is 8. The molecule has 48 heavy (non-hydrogen) atoms. The molecule has 226 valence electrons. The molecule has 2 heteroatoms. The number of anilines is 2. The maximum atomic E-state index is 3.74. The molecule has 1 N–H and O–H groups in total. The van der Waals surface area contributed by atoms with Gasteiger partial charge in [-0.3, -0.25) is 0 Å². The van der Waals surface area contributed by atoms with Crippen molar-refractivity contribution >= 4 is 44.0 Å². The third-order valence-corrected chi connectivity index (χ3v) is 9.39. The van der Waals surface area contributed by atoms with Gasteiger partial charge in [0.25, 0.3) is 0 Å². The zero-order valence-electron chi connectivity index (χ0n) is 26.3. The van der Waals surface area contributed by atoms with Crippen molar-refractivity contribution in [3.63, 3.8) is 0 Å². The number of hydrogen-bond donors (Lipinski definition) is 1. The first-order valence-corrected chi connectivity index (χ1v) is 16.4. The van der Waals surface area contributed by atoms with Crippen molar-refractivity contribution in [2.75, 3.05) is 5.32 Å². The van der Waals surface area contributed by atoms with Crippen LogP contribution >= 0.6 is 0 Å². The smallest absolute Gasteiger partial charge is 0.0547 e. The Morgan fingerprint density at radius 3 is 1.79 bits per heavy atom. The number of rotatable bonds is 6. The predicted octanol–water partition coefficient (Wildman–Crippen LogP) is 12.7. The molecule has 9 aromatic rings. The lowest BCUT2D eigenvalue weighted by molar-refractivity contribution is 1.18. The van der Waals surface area contributed by atoms with Crippen molar-refractivity contribution in [3.05, 3.63) is 188 Å². The Bertz CT molecular complexity index is 2560. The normalized spacial score (nSPS) is 11.3. The molecule has 0 radical (unpaired) electrons. The SMILES string of the molecule is c1ccc(-c2cc(-c3ccc4c5ccccc5n(-c5ccccc5)c4c3)ccc2Nc2ccc(-c3cccc4ccccc34)cc2)cc1. The van der Waals surface area contributed by atoms with Crippen LogP contribution in [0.3, 0.4) is 0 Å². The fourth-order valence-corrected chi connectivity index (χ4v) is 7.06. The van der Waals surface area contributed by atoms with E-state index in [2.05, 4.69) is 198 Å². The molecule has 1 aromatic heterocycles. The Morgan fingerprint density at radius 2 is 0.958 bits per heavy atom. The van der Waals surface area contributed by atoms with Crippen LogP contribution in [-0.2, 0) is 0 Å². The molecular formula is C46H32N2. The summed E-state index contributed by atoms with van der Waals surface area (Å²) in [6, 6.07) is 67.5. The lowest BCUT2D eigenvalue weighted by Crippen LogP contribution is -1.95. The number of hydrogen-bond acceptors (Lipinski definition) is 1. The molecule has 0 unspecified atom stereocenters. The van der Waals surface area contributed by atoms with E-state index in [1.165, 1.54) is 60.4 Å². The van der Waals surface area contributed by atoms with E-state index >= 15 is 0 Å². The van der Waals surface area contributed by atoms with E-state index in [-0.39, 0.29) is 0 Å². The molecule has 0 aliphatic carbocycles. The molecule has 2 nitrogen and oxygen atoms in total. The molecule has 0 atom stereocenters. The average molecular weight is 613 g/mol. The molecule has 0 saturated heterocycles. The van der Waals surface area contributed by atoms with Crippen LogP contribution in [0.15, 0.2) is 188 Å². The van der Waals surface area contributed by atoms with E-state index in [1.54, 1.807) is 0 Å². The lowest BCUT2D eigenvalue weighted by Gasteiger charge is -2.16. The van der Waals surface area contributed by atoms with Gasteiger partial charge < -0.3 is 9.88 Å². The van der Waals surface area contributed by atoms with Gasteiger partial charge >= 0.3 is 0 Å². The molecular weight excluding hydrogens is 581 g/mol. The zero-order chi connectivity index (χ0) is 31.9. The number of para-hydroxylation sites is 2. The van der Waals surface area contributed by atoms with Crippen LogP contribution in [0.4, 0.5) is 11.4 Å². The van der Waals surface area contributed by atoms with Gasteiger partial charge in [0.15, 0.2) is 0 Å². The molecule has 8 aromatic carbocycles. The van der Waals surface area contributed by atoms with Crippen molar-refractivity contribution in [2.24, 2.45) is 0 Å². The zero-order valence-corrected chi connectivity index (χ0v) is 26.3. The fraction of sp³-hybridized carbons (Fsp3) is 0. The van der Waals surface area contributed by atoms with Crippen molar-refractivity contribution in [1.29, 1.82) is 0 Å². The van der Waals surface area contributed by atoms with Gasteiger partial charge in [0, 0.05) is 33.4 Å². The first-order valence-electron chi connectivity index (χ1n) is 16.4. The Balaban J connectivity index is 1.12. The summed E-state index contributed by atoms with van der Waals surface area (Å²) in [5.74, 6) is 0. The second kappa shape index (κ2) is 11.8. The molecule has 1 heterocycles. The molecule has 0 bridgehead atoms. The van der Waals surface area contributed by atoms with Crippen LogP contribution in [0.25, 0.3) is 71.6 Å². The maximum Gasteiger partial charge on any atom is 0.0547 e. The second-order valence-electron chi connectivity index (χ2n) is 12.3. The Hall–Kier alpha value is -6.38. The second-order valence-corrected chi connectivity index (χ2v) is 12.3. The van der Waals surface area contributed by atoms with Gasteiger partial charge in [-0.1, -0.05) is 140 Å². The van der Waals surface area contributed by atoms with E-state index in [0.29, 0.717) is 0 Å². The first kappa shape index (κ1) is 27.9. The van der Waals surface area contributed by atoms with E-state index in [9.17, 15) is 0 Å². The van der Waals surface area contributed by atoms with Crippen LogP contribution in [-0.4, -0.2) is 4.57 Å². The minimum Gasteiger partial charge on any atom is -0.355 e. The van der Waals surface area contributed by atoms with Gasteiger partial charge in [-0.05, 0) is 87.1 Å². The Morgan fingerprint density at radius 1 is 0.354 bits per heavy atom. The summed E-state index contributed by atoms with van der Waals surface area (Å²) in [4.78, 5) is 0. The molecule has 0 aliphatic heterocycles. The summed E-state index contributed by atoms with van der Waals surface area (Å²) >= 11 is 0. The summed E-state index contributed by atoms with van der Waals surface area (Å²) in [7, 11) is 0. The summed E-state index contributed by atoms with van der Waals surface area (Å²) in [6.07, 6.45) is 0. The summed E-state index contributed by atoms with van der Waals surface area (Å²) < 4.78 is 2.38. The van der Waals surface area contributed by atoms with Gasteiger partial charge in [-0.25, -0.2) is 0 Å². The van der Waals surface area contributed by atoms with Crippen molar-refractivity contribution in [3.8, 4) is 39.1 Å². The molecule has 0 spiro atoms. The number of aromatic nitrogens is 1. The standard InChI is InChI=1S/C46H32N2/c1-3-12-33(13-4-1)43-30-35(36-24-28-42-41-19-9-10-21-45(41)48(46(42)31-36)38-16-5-2-6-17-38)25-29-44(43)47-37-26-22-34(23-27-37)40-20-11-15-32-14-7-8-18-39(32)40/h1-31,47H. The third-order valence-electron chi connectivity index (χ3n) is 9.39. The highest BCUT2D eigenvalue weighted by molar-refractivity contribution is 6.10. The predicted molar refractivity (Wildman–Crippen MR) is 204 cm³/mol. The van der Waals surface area contributed by atoms with Crippen molar-refractivity contribution in [2.45, 2.75) is 0 Å². The Labute approximate surface area is 280 Å². The van der Waals surface area contributed by atoms with Crippen LogP contribution in [0.1, 0.15) is 0 Å². The highest BCUT2D eigenvalue weighted by Crippen LogP contribution is 2.38. The highest BCUT2D eigenvalue weighted by Gasteiger charge is 2.15. The highest BCUT2D eigenvalue weighted by atomic mass is 15.0. The Kier molecular flexibility index (Phi) is 6.84. The maximum absolute atomic E-state index is 3.74. The fourth-order valence-electron chi connectivity index (χ4n) is 7.06. The van der Waals surface area contributed by atoms with Gasteiger partial charge in [-0.2, -0.15) is 0 Å². The van der Waals surface area contributed by atoms with Crippen LogP contribution in [0, 0.1) is 0 Å². The quantitative estimate of drug-likeness (QED) is 0.198. The van der Waals surface area contributed by atoms with Gasteiger partial charge in [0.05, 0.1) is 11.0 Å². The van der Waals surface area contributed by atoms with Crippen molar-refractivity contribution in [1.82, 2.24) is 4.57 Å². The molecule has 0 aliphatic rings. The largest absolute Gasteiger partial charge is 0.355 e.